The van der Waals surface area contributed by atoms with E-state index in [9.17, 15) is 14.9 Å². The fraction of sp³-hybridized carbons (Fsp3) is 0.500. The van der Waals surface area contributed by atoms with Crippen LogP contribution >= 0.6 is 0 Å². The monoisotopic (exact) mass is 380 g/mol. The van der Waals surface area contributed by atoms with Crippen LogP contribution in [0.1, 0.15) is 39.0 Å². The summed E-state index contributed by atoms with van der Waals surface area (Å²) in [7, 11) is 3.71. The van der Waals surface area contributed by atoms with Gasteiger partial charge in [0, 0.05) is 40.0 Å². The highest BCUT2D eigenvalue weighted by atomic mass is 16.2. The number of rotatable bonds is 4. The predicted molar refractivity (Wildman–Crippen MR) is 110 cm³/mol. The zero-order valence-electron chi connectivity index (χ0n) is 16.9. The summed E-state index contributed by atoms with van der Waals surface area (Å²) in [5, 5.41) is 9.67. The minimum Gasteiger partial charge on any atom is -0.343 e. The summed E-state index contributed by atoms with van der Waals surface area (Å²) < 4.78 is 0. The maximum atomic E-state index is 12.8. The number of carbonyl (C=O) groups is 2. The van der Waals surface area contributed by atoms with Crippen LogP contribution < -0.4 is 9.80 Å². The van der Waals surface area contributed by atoms with Crippen LogP contribution in [0.2, 0.25) is 0 Å². The highest BCUT2D eigenvalue weighted by Gasteiger charge is 2.31. The molecule has 2 heterocycles. The number of nitriles is 1. The quantitative estimate of drug-likeness (QED) is 0.592. The number of fused-ring (bicyclic) bond motifs is 1. The number of hydrogen-bond donors (Lipinski definition) is 0. The van der Waals surface area contributed by atoms with E-state index in [1.54, 1.807) is 0 Å². The molecule has 1 amide bonds. The first-order valence-corrected chi connectivity index (χ1v) is 9.96. The van der Waals surface area contributed by atoms with Crippen LogP contribution in [-0.2, 0) is 9.59 Å². The lowest BCUT2D eigenvalue weighted by Crippen LogP contribution is -2.32. The molecule has 2 aliphatic rings. The SMILES string of the molecule is C[C@@H]1CCCN(C(=O)CCC(=O)C(C#N)=C2N(C)c3ccccc3N2C)CC1. The minimum atomic E-state index is -0.277. The molecule has 0 aromatic heterocycles. The van der Waals surface area contributed by atoms with E-state index in [2.05, 4.69) is 13.0 Å². The Balaban J connectivity index is 1.70. The lowest BCUT2D eigenvalue weighted by atomic mass is 10.0. The van der Waals surface area contributed by atoms with Gasteiger partial charge in [0.15, 0.2) is 5.78 Å². The molecule has 6 nitrogen and oxygen atoms in total. The molecular weight excluding hydrogens is 352 g/mol. The number of likely N-dealkylation sites (tertiary alicyclic amines) is 1. The van der Waals surface area contributed by atoms with E-state index >= 15 is 0 Å². The third-order valence-corrected chi connectivity index (χ3v) is 5.79. The second-order valence-electron chi connectivity index (χ2n) is 7.76. The number of nitrogens with zero attached hydrogens (tertiary/aromatic N) is 4. The molecule has 1 fully saturated rings. The molecule has 1 aromatic rings. The highest BCUT2D eigenvalue weighted by molar-refractivity contribution is 6.03. The Morgan fingerprint density at radius 3 is 2.32 bits per heavy atom. The van der Waals surface area contributed by atoms with Crippen molar-refractivity contribution in [3.05, 3.63) is 35.7 Å². The Labute approximate surface area is 167 Å². The van der Waals surface area contributed by atoms with Crippen LogP contribution in [0.5, 0.6) is 0 Å². The van der Waals surface area contributed by atoms with Crippen LogP contribution in [0.4, 0.5) is 11.4 Å². The summed E-state index contributed by atoms with van der Waals surface area (Å²) in [6.07, 6.45) is 3.40. The minimum absolute atomic E-state index is 0.0150. The number of amides is 1. The molecule has 0 spiro atoms. The Morgan fingerprint density at radius 1 is 1.07 bits per heavy atom. The average molecular weight is 380 g/mol. The van der Waals surface area contributed by atoms with Gasteiger partial charge in [0.25, 0.3) is 0 Å². The van der Waals surface area contributed by atoms with Gasteiger partial charge >= 0.3 is 0 Å². The molecule has 0 aliphatic carbocycles. The lowest BCUT2D eigenvalue weighted by molar-refractivity contribution is -0.132. The summed E-state index contributed by atoms with van der Waals surface area (Å²) in [5.74, 6) is 0.955. The van der Waals surface area contributed by atoms with Crippen molar-refractivity contribution < 1.29 is 9.59 Å². The number of benzene rings is 1. The van der Waals surface area contributed by atoms with Gasteiger partial charge in [0.1, 0.15) is 17.5 Å². The van der Waals surface area contributed by atoms with Gasteiger partial charge in [-0.05, 0) is 37.3 Å². The number of anilines is 2. The van der Waals surface area contributed by atoms with E-state index in [1.165, 1.54) is 0 Å². The Kier molecular flexibility index (Phi) is 6.03. The molecule has 2 aliphatic heterocycles. The molecule has 0 N–H and O–H groups in total. The van der Waals surface area contributed by atoms with E-state index in [0.717, 1.165) is 43.7 Å². The molecule has 148 valence electrons. The number of para-hydroxylation sites is 2. The summed E-state index contributed by atoms with van der Waals surface area (Å²) in [6.45, 7) is 3.75. The molecule has 0 bridgehead atoms. The van der Waals surface area contributed by atoms with Gasteiger partial charge in [-0.25, -0.2) is 0 Å². The first kappa shape index (κ1) is 19.9. The van der Waals surface area contributed by atoms with Gasteiger partial charge in [0.05, 0.1) is 11.4 Å². The third-order valence-electron chi connectivity index (χ3n) is 5.79. The second-order valence-corrected chi connectivity index (χ2v) is 7.76. The van der Waals surface area contributed by atoms with Gasteiger partial charge in [-0.15, -0.1) is 0 Å². The normalized spacial score (nSPS) is 19.1. The third kappa shape index (κ3) is 3.89. The predicted octanol–water partition coefficient (Wildman–Crippen LogP) is 3.31. The van der Waals surface area contributed by atoms with Gasteiger partial charge in [0.2, 0.25) is 5.91 Å². The number of ketones is 1. The summed E-state index contributed by atoms with van der Waals surface area (Å²) in [5.41, 5.74) is 2.02. The molecule has 6 heteroatoms. The number of allylic oxidation sites excluding steroid dienone is 1. The van der Waals surface area contributed by atoms with Crippen molar-refractivity contribution in [3.8, 4) is 6.07 Å². The average Bonchev–Trinajstić information content (AvgIpc) is 2.84. The summed E-state index contributed by atoms with van der Waals surface area (Å²) in [4.78, 5) is 31.0. The first-order chi connectivity index (χ1) is 13.4. The maximum absolute atomic E-state index is 12.8. The van der Waals surface area contributed by atoms with Crippen LogP contribution in [-0.4, -0.2) is 43.8 Å². The Morgan fingerprint density at radius 2 is 1.71 bits per heavy atom. The van der Waals surface area contributed by atoms with Crippen LogP contribution in [0.25, 0.3) is 0 Å². The standard InChI is InChI=1S/C22H28N4O2/c1-16-7-6-13-26(14-12-16)21(28)11-10-20(27)17(15-23)22-24(2)18-8-4-5-9-19(18)25(22)3/h4-5,8-9,16H,6-7,10-14H2,1-3H3/t16-/m1/s1. The zero-order chi connectivity index (χ0) is 20.3. The topological polar surface area (TPSA) is 67.6 Å². The zero-order valence-corrected chi connectivity index (χ0v) is 16.9. The molecule has 0 unspecified atom stereocenters. The van der Waals surface area contributed by atoms with Gasteiger partial charge < -0.3 is 14.7 Å². The van der Waals surface area contributed by atoms with Crippen LogP contribution in [0.15, 0.2) is 35.7 Å². The van der Waals surface area contributed by atoms with Crippen molar-refractivity contribution in [3.63, 3.8) is 0 Å². The van der Waals surface area contributed by atoms with Crippen LogP contribution in [0, 0.1) is 17.2 Å². The molecule has 0 radical (unpaired) electrons. The fourth-order valence-corrected chi connectivity index (χ4v) is 4.07. The van der Waals surface area contributed by atoms with Crippen molar-refractivity contribution in [1.82, 2.24) is 4.90 Å². The molecule has 3 rings (SSSR count). The lowest BCUT2D eigenvalue weighted by Gasteiger charge is -2.21. The molecule has 0 saturated carbocycles. The molecule has 28 heavy (non-hydrogen) atoms. The number of Topliss-reactive ketones (excluding diaryl/α,β-unsaturated/α-hetero) is 1. The molecule has 1 saturated heterocycles. The number of carbonyl (C=O) groups excluding carboxylic acids is 2. The van der Waals surface area contributed by atoms with Crippen molar-refractivity contribution in [1.29, 1.82) is 5.26 Å². The van der Waals surface area contributed by atoms with Crippen molar-refractivity contribution in [2.45, 2.75) is 39.0 Å². The Hall–Kier alpha value is -2.81. The first-order valence-electron chi connectivity index (χ1n) is 9.96. The summed E-state index contributed by atoms with van der Waals surface area (Å²) >= 11 is 0. The van der Waals surface area contributed by atoms with E-state index < -0.39 is 0 Å². The van der Waals surface area contributed by atoms with E-state index in [-0.39, 0.29) is 30.1 Å². The highest BCUT2D eigenvalue weighted by Crippen LogP contribution is 2.40. The van der Waals surface area contributed by atoms with Gasteiger partial charge in [-0.3, -0.25) is 9.59 Å². The van der Waals surface area contributed by atoms with Crippen molar-refractivity contribution >= 4 is 23.1 Å². The molecular formula is C22H28N4O2. The summed E-state index contributed by atoms with van der Waals surface area (Å²) in [6, 6.07) is 9.86. The fourth-order valence-electron chi connectivity index (χ4n) is 4.07. The Bertz CT molecular complexity index is 808. The van der Waals surface area contributed by atoms with Crippen molar-refractivity contribution in [2.24, 2.45) is 5.92 Å². The number of hydrogen-bond acceptors (Lipinski definition) is 5. The van der Waals surface area contributed by atoms with E-state index in [0.29, 0.717) is 11.7 Å². The van der Waals surface area contributed by atoms with Gasteiger partial charge in [-0.2, -0.15) is 5.26 Å². The second kappa shape index (κ2) is 8.47. The van der Waals surface area contributed by atoms with E-state index in [4.69, 9.17) is 0 Å². The smallest absolute Gasteiger partial charge is 0.223 e. The van der Waals surface area contributed by atoms with E-state index in [1.807, 2.05) is 53.1 Å². The maximum Gasteiger partial charge on any atom is 0.223 e. The van der Waals surface area contributed by atoms with Gasteiger partial charge in [-0.1, -0.05) is 19.1 Å². The van der Waals surface area contributed by atoms with Crippen molar-refractivity contribution in [2.75, 3.05) is 37.0 Å². The largest absolute Gasteiger partial charge is 0.343 e. The molecule has 1 aromatic carbocycles. The van der Waals surface area contributed by atoms with Crippen LogP contribution in [0.3, 0.4) is 0 Å². The molecule has 1 atom stereocenters.